The standard InChI is InChI=1S/C16H12N6O/c23-11-12-3-4-16-18-13(9-21(16)8-12)6-14-10-22(20-19-14)15-2-1-5-17-7-15/h1-5,7-11H,6H2. The van der Waals surface area contributed by atoms with Crippen molar-refractivity contribution in [1.82, 2.24) is 29.4 Å². The second kappa shape index (κ2) is 5.45. The molecule has 112 valence electrons. The zero-order chi connectivity index (χ0) is 15.6. The van der Waals surface area contributed by atoms with E-state index in [-0.39, 0.29) is 0 Å². The lowest BCUT2D eigenvalue weighted by Gasteiger charge is -1.96. The molecule has 4 aromatic heterocycles. The Labute approximate surface area is 131 Å². The minimum Gasteiger partial charge on any atom is -0.306 e. The third kappa shape index (κ3) is 2.59. The summed E-state index contributed by atoms with van der Waals surface area (Å²) in [5, 5.41) is 8.28. The minimum atomic E-state index is 0.568. The molecular weight excluding hydrogens is 292 g/mol. The van der Waals surface area contributed by atoms with Gasteiger partial charge in [-0.05, 0) is 24.3 Å². The van der Waals surface area contributed by atoms with Gasteiger partial charge in [0.25, 0.3) is 0 Å². The molecule has 7 nitrogen and oxygen atoms in total. The average molecular weight is 304 g/mol. The zero-order valence-electron chi connectivity index (χ0n) is 12.1. The Balaban J connectivity index is 1.61. The van der Waals surface area contributed by atoms with Crippen LogP contribution in [0.5, 0.6) is 0 Å². The van der Waals surface area contributed by atoms with E-state index in [2.05, 4.69) is 20.3 Å². The first-order chi connectivity index (χ1) is 11.3. The number of aldehydes is 1. The van der Waals surface area contributed by atoms with Crippen molar-refractivity contribution in [3.8, 4) is 5.69 Å². The maximum absolute atomic E-state index is 10.8. The van der Waals surface area contributed by atoms with Crippen LogP contribution in [0.3, 0.4) is 0 Å². The molecule has 0 aliphatic heterocycles. The first-order valence-electron chi connectivity index (χ1n) is 7.06. The fourth-order valence-corrected chi connectivity index (χ4v) is 2.40. The van der Waals surface area contributed by atoms with Crippen molar-refractivity contribution < 1.29 is 4.79 Å². The summed E-state index contributed by atoms with van der Waals surface area (Å²) in [6.07, 6.45) is 10.3. The highest BCUT2D eigenvalue weighted by atomic mass is 16.1. The van der Waals surface area contributed by atoms with Crippen molar-refractivity contribution in [2.24, 2.45) is 0 Å². The molecule has 0 amide bonds. The van der Waals surface area contributed by atoms with Gasteiger partial charge in [0.1, 0.15) is 5.65 Å². The molecule has 4 rings (SSSR count). The number of imidazole rings is 1. The van der Waals surface area contributed by atoms with Crippen molar-refractivity contribution in [3.63, 3.8) is 0 Å². The Morgan fingerprint density at radius 3 is 2.87 bits per heavy atom. The summed E-state index contributed by atoms with van der Waals surface area (Å²) >= 11 is 0. The highest BCUT2D eigenvalue weighted by Crippen LogP contribution is 2.11. The van der Waals surface area contributed by atoms with Gasteiger partial charge in [0.05, 0.1) is 29.5 Å². The van der Waals surface area contributed by atoms with Gasteiger partial charge in [-0.25, -0.2) is 9.67 Å². The van der Waals surface area contributed by atoms with E-state index in [1.165, 1.54) is 0 Å². The van der Waals surface area contributed by atoms with Crippen LogP contribution in [0.1, 0.15) is 21.7 Å². The Kier molecular flexibility index (Phi) is 3.16. The molecule has 0 aliphatic carbocycles. The van der Waals surface area contributed by atoms with Gasteiger partial charge in [0.2, 0.25) is 0 Å². The van der Waals surface area contributed by atoms with Gasteiger partial charge in [-0.2, -0.15) is 0 Å². The number of fused-ring (bicyclic) bond motifs is 1. The number of pyridine rings is 2. The van der Waals surface area contributed by atoms with Crippen LogP contribution in [0.2, 0.25) is 0 Å². The molecule has 0 bridgehead atoms. The quantitative estimate of drug-likeness (QED) is 0.536. The van der Waals surface area contributed by atoms with Crippen LogP contribution >= 0.6 is 0 Å². The lowest BCUT2D eigenvalue weighted by molar-refractivity contribution is 0.112. The summed E-state index contributed by atoms with van der Waals surface area (Å²) in [5.41, 5.74) is 3.95. The highest BCUT2D eigenvalue weighted by molar-refractivity contribution is 5.74. The molecular formula is C16H12N6O. The lowest BCUT2D eigenvalue weighted by atomic mass is 10.3. The van der Waals surface area contributed by atoms with Gasteiger partial charge in [-0.1, -0.05) is 5.21 Å². The van der Waals surface area contributed by atoms with E-state index >= 15 is 0 Å². The Morgan fingerprint density at radius 1 is 1.09 bits per heavy atom. The molecule has 0 unspecified atom stereocenters. The van der Waals surface area contributed by atoms with E-state index in [0.717, 1.165) is 29.0 Å². The molecule has 0 saturated carbocycles. The third-order valence-corrected chi connectivity index (χ3v) is 3.47. The molecule has 0 spiro atoms. The van der Waals surface area contributed by atoms with Crippen molar-refractivity contribution in [2.75, 3.05) is 0 Å². The van der Waals surface area contributed by atoms with E-state index in [1.54, 1.807) is 29.3 Å². The van der Waals surface area contributed by atoms with Crippen LogP contribution in [-0.4, -0.2) is 35.6 Å². The van der Waals surface area contributed by atoms with Crippen LogP contribution < -0.4 is 0 Å². The van der Waals surface area contributed by atoms with Gasteiger partial charge in [0, 0.05) is 30.6 Å². The maximum atomic E-state index is 10.8. The first-order valence-corrected chi connectivity index (χ1v) is 7.06. The smallest absolute Gasteiger partial charge is 0.151 e. The molecule has 0 fully saturated rings. The van der Waals surface area contributed by atoms with Crippen LogP contribution in [0, 0.1) is 0 Å². The SMILES string of the molecule is O=Cc1ccc2nc(Cc3cn(-c4cccnc4)nn3)cn2c1. The Bertz CT molecular complexity index is 973. The number of rotatable bonds is 4. The number of nitrogens with zero attached hydrogens (tertiary/aromatic N) is 6. The van der Waals surface area contributed by atoms with Crippen LogP contribution in [0.4, 0.5) is 0 Å². The van der Waals surface area contributed by atoms with Crippen LogP contribution in [0.25, 0.3) is 11.3 Å². The number of aromatic nitrogens is 6. The van der Waals surface area contributed by atoms with Crippen molar-refractivity contribution in [3.05, 3.63) is 72.2 Å². The van der Waals surface area contributed by atoms with Crippen LogP contribution in [0.15, 0.2) is 55.2 Å². The fraction of sp³-hybridized carbons (Fsp3) is 0.0625. The van der Waals surface area contributed by atoms with Gasteiger partial charge in [-0.3, -0.25) is 9.78 Å². The second-order valence-electron chi connectivity index (χ2n) is 5.12. The zero-order valence-corrected chi connectivity index (χ0v) is 12.1. The molecule has 0 N–H and O–H groups in total. The number of hydrogen-bond acceptors (Lipinski definition) is 5. The molecule has 0 aromatic carbocycles. The summed E-state index contributed by atoms with van der Waals surface area (Å²) in [6, 6.07) is 7.33. The molecule has 4 heterocycles. The average Bonchev–Trinajstić information content (AvgIpc) is 3.21. The molecule has 0 aliphatic rings. The number of hydrogen-bond donors (Lipinski definition) is 0. The highest BCUT2D eigenvalue weighted by Gasteiger charge is 2.08. The molecule has 4 aromatic rings. The van der Waals surface area contributed by atoms with Gasteiger partial charge in [-0.15, -0.1) is 5.10 Å². The molecule has 0 atom stereocenters. The predicted molar refractivity (Wildman–Crippen MR) is 82.5 cm³/mol. The van der Waals surface area contributed by atoms with Crippen LogP contribution in [-0.2, 0) is 6.42 Å². The summed E-state index contributed by atoms with van der Waals surface area (Å²) < 4.78 is 3.52. The third-order valence-electron chi connectivity index (χ3n) is 3.47. The van der Waals surface area contributed by atoms with Crippen molar-refractivity contribution in [2.45, 2.75) is 6.42 Å². The maximum Gasteiger partial charge on any atom is 0.151 e. The van der Waals surface area contributed by atoms with E-state index in [0.29, 0.717) is 12.0 Å². The van der Waals surface area contributed by atoms with Gasteiger partial charge in [0.15, 0.2) is 6.29 Å². The number of carbonyl (C=O) groups is 1. The molecule has 0 saturated heterocycles. The van der Waals surface area contributed by atoms with E-state index in [4.69, 9.17) is 0 Å². The monoisotopic (exact) mass is 304 g/mol. The summed E-state index contributed by atoms with van der Waals surface area (Å²) in [6.45, 7) is 0. The second-order valence-corrected chi connectivity index (χ2v) is 5.12. The topological polar surface area (TPSA) is 78.0 Å². The lowest BCUT2D eigenvalue weighted by Crippen LogP contribution is -1.94. The van der Waals surface area contributed by atoms with E-state index < -0.39 is 0 Å². The fourth-order valence-electron chi connectivity index (χ4n) is 2.40. The first kappa shape index (κ1) is 13.3. The van der Waals surface area contributed by atoms with E-state index in [1.807, 2.05) is 35.0 Å². The molecule has 0 radical (unpaired) electrons. The van der Waals surface area contributed by atoms with Crippen molar-refractivity contribution in [1.29, 1.82) is 0 Å². The normalized spacial score (nSPS) is 11.0. The summed E-state index contributed by atoms with van der Waals surface area (Å²) in [5.74, 6) is 0. The van der Waals surface area contributed by atoms with Gasteiger partial charge >= 0.3 is 0 Å². The summed E-state index contributed by atoms with van der Waals surface area (Å²) in [4.78, 5) is 19.4. The van der Waals surface area contributed by atoms with Gasteiger partial charge < -0.3 is 4.40 Å². The Hall–Kier alpha value is -3.35. The molecule has 7 heteroatoms. The molecule has 23 heavy (non-hydrogen) atoms. The largest absolute Gasteiger partial charge is 0.306 e. The summed E-state index contributed by atoms with van der Waals surface area (Å²) in [7, 11) is 0. The number of carbonyl (C=O) groups excluding carboxylic acids is 1. The van der Waals surface area contributed by atoms with Crippen molar-refractivity contribution >= 4 is 11.9 Å². The predicted octanol–water partition coefficient (Wildman–Crippen LogP) is 1.71. The minimum absolute atomic E-state index is 0.568. The van der Waals surface area contributed by atoms with E-state index in [9.17, 15) is 4.79 Å². The Morgan fingerprint density at radius 2 is 2.04 bits per heavy atom.